The van der Waals surface area contributed by atoms with Crippen molar-refractivity contribution in [3.8, 4) is 0 Å². The molecule has 0 aromatic carbocycles. The molecule has 2 N–H and O–H groups in total. The smallest absolute Gasteiger partial charge is 0.135 e. The number of nitrogens with zero attached hydrogens (tertiary/aromatic N) is 3. The van der Waals surface area contributed by atoms with E-state index in [1.165, 1.54) is 5.56 Å². The van der Waals surface area contributed by atoms with E-state index in [-0.39, 0.29) is 6.04 Å². The molecule has 2 rings (SSSR count). The average molecular weight is 271 g/mol. The highest BCUT2D eigenvalue weighted by Crippen LogP contribution is 2.25. The number of nitrogens with one attached hydrogen (secondary N) is 2. The van der Waals surface area contributed by atoms with E-state index in [1.807, 2.05) is 19.2 Å². The Kier molecular flexibility index (Phi) is 4.87. The van der Waals surface area contributed by atoms with Crippen molar-refractivity contribution in [1.29, 1.82) is 0 Å². The second-order valence-corrected chi connectivity index (χ2v) is 4.70. The molecule has 2 aromatic heterocycles. The topological polar surface area (TPSA) is 62.7 Å². The van der Waals surface area contributed by atoms with Gasteiger partial charge in [0.2, 0.25) is 0 Å². The zero-order valence-electron chi connectivity index (χ0n) is 12.2. The van der Waals surface area contributed by atoms with Gasteiger partial charge < -0.3 is 10.6 Å². The molecule has 0 aliphatic rings. The normalized spacial score (nSPS) is 11.9. The van der Waals surface area contributed by atoms with Crippen LogP contribution in [-0.2, 0) is 6.42 Å². The Hall–Kier alpha value is -2.17. The minimum Gasteiger partial charge on any atom is -0.373 e. The number of hydrogen-bond donors (Lipinski definition) is 2. The van der Waals surface area contributed by atoms with Gasteiger partial charge in [0.05, 0.1) is 6.04 Å². The molecule has 0 saturated heterocycles. The van der Waals surface area contributed by atoms with Crippen molar-refractivity contribution >= 4 is 11.6 Å². The standard InChI is InChI=1S/C15H21N5/c1-4-5-13-14(16-3)18-10-19-15(13)20-11(2)12-6-8-17-9-7-12/h6-11H,4-5H2,1-3H3,(H2,16,18,19,20). The van der Waals surface area contributed by atoms with Gasteiger partial charge in [-0.15, -0.1) is 0 Å². The molecule has 0 fully saturated rings. The summed E-state index contributed by atoms with van der Waals surface area (Å²) in [6, 6.07) is 4.20. The van der Waals surface area contributed by atoms with Crippen molar-refractivity contribution in [2.45, 2.75) is 32.7 Å². The van der Waals surface area contributed by atoms with Crippen molar-refractivity contribution in [3.63, 3.8) is 0 Å². The Bertz CT molecular complexity index is 541. The predicted molar refractivity (Wildman–Crippen MR) is 81.8 cm³/mol. The molecule has 2 heterocycles. The van der Waals surface area contributed by atoms with Gasteiger partial charge in [-0.05, 0) is 31.0 Å². The minimum absolute atomic E-state index is 0.174. The highest BCUT2D eigenvalue weighted by atomic mass is 15.1. The zero-order chi connectivity index (χ0) is 14.4. The second kappa shape index (κ2) is 6.84. The van der Waals surface area contributed by atoms with E-state index in [4.69, 9.17) is 0 Å². The minimum atomic E-state index is 0.174. The first kappa shape index (κ1) is 14.2. The number of aromatic nitrogens is 3. The Morgan fingerprint density at radius 2 is 1.85 bits per heavy atom. The van der Waals surface area contributed by atoms with Gasteiger partial charge in [-0.25, -0.2) is 9.97 Å². The van der Waals surface area contributed by atoms with Crippen molar-refractivity contribution < 1.29 is 0 Å². The maximum absolute atomic E-state index is 4.39. The molecule has 2 aromatic rings. The van der Waals surface area contributed by atoms with Crippen LogP contribution in [0, 0.1) is 0 Å². The molecular formula is C15H21N5. The molecule has 0 aliphatic heterocycles. The molecule has 5 nitrogen and oxygen atoms in total. The van der Waals surface area contributed by atoms with Crippen LogP contribution in [-0.4, -0.2) is 22.0 Å². The molecule has 1 atom stereocenters. The highest BCUT2D eigenvalue weighted by molar-refractivity contribution is 5.57. The fourth-order valence-electron chi connectivity index (χ4n) is 2.18. The summed E-state index contributed by atoms with van der Waals surface area (Å²) >= 11 is 0. The van der Waals surface area contributed by atoms with E-state index < -0.39 is 0 Å². The number of hydrogen-bond acceptors (Lipinski definition) is 5. The van der Waals surface area contributed by atoms with Crippen molar-refractivity contribution in [1.82, 2.24) is 15.0 Å². The maximum atomic E-state index is 4.39. The Labute approximate surface area is 119 Å². The first-order valence-corrected chi connectivity index (χ1v) is 6.94. The summed E-state index contributed by atoms with van der Waals surface area (Å²) in [6.45, 7) is 4.27. The molecule has 0 spiro atoms. The van der Waals surface area contributed by atoms with Crippen LogP contribution >= 0.6 is 0 Å². The number of anilines is 2. The van der Waals surface area contributed by atoms with E-state index in [0.717, 1.165) is 30.0 Å². The summed E-state index contributed by atoms with van der Waals surface area (Å²) in [5, 5.41) is 6.60. The molecule has 106 valence electrons. The van der Waals surface area contributed by atoms with E-state index in [0.29, 0.717) is 0 Å². The number of rotatable bonds is 6. The lowest BCUT2D eigenvalue weighted by Crippen LogP contribution is -2.12. The zero-order valence-corrected chi connectivity index (χ0v) is 12.2. The van der Waals surface area contributed by atoms with Crippen molar-refractivity contribution in [2.75, 3.05) is 17.7 Å². The molecule has 0 amide bonds. The van der Waals surface area contributed by atoms with Crippen LogP contribution in [0.1, 0.15) is 37.4 Å². The van der Waals surface area contributed by atoms with Crippen LogP contribution in [0.15, 0.2) is 30.9 Å². The van der Waals surface area contributed by atoms with E-state index in [9.17, 15) is 0 Å². The molecule has 1 unspecified atom stereocenters. The summed E-state index contributed by atoms with van der Waals surface area (Å²) in [7, 11) is 1.89. The highest BCUT2D eigenvalue weighted by Gasteiger charge is 2.12. The molecule has 0 radical (unpaired) electrons. The maximum Gasteiger partial charge on any atom is 0.135 e. The van der Waals surface area contributed by atoms with Crippen LogP contribution in [0.5, 0.6) is 0 Å². The summed E-state index contributed by atoms with van der Waals surface area (Å²) in [5.74, 6) is 1.79. The third-order valence-electron chi connectivity index (χ3n) is 3.24. The molecule has 0 bridgehead atoms. The Morgan fingerprint density at radius 3 is 2.50 bits per heavy atom. The van der Waals surface area contributed by atoms with E-state index in [1.54, 1.807) is 18.7 Å². The quantitative estimate of drug-likeness (QED) is 0.845. The van der Waals surface area contributed by atoms with Gasteiger partial charge in [0.1, 0.15) is 18.0 Å². The van der Waals surface area contributed by atoms with Crippen molar-refractivity contribution in [2.24, 2.45) is 0 Å². The molecule has 20 heavy (non-hydrogen) atoms. The van der Waals surface area contributed by atoms with Gasteiger partial charge in [-0.3, -0.25) is 4.98 Å². The lowest BCUT2D eigenvalue weighted by molar-refractivity contribution is 0.845. The van der Waals surface area contributed by atoms with Crippen LogP contribution in [0.2, 0.25) is 0 Å². The van der Waals surface area contributed by atoms with Crippen molar-refractivity contribution in [3.05, 3.63) is 42.0 Å². The summed E-state index contributed by atoms with van der Waals surface area (Å²) in [5.41, 5.74) is 2.32. The predicted octanol–water partition coefficient (Wildman–Crippen LogP) is 3.04. The summed E-state index contributed by atoms with van der Waals surface area (Å²) in [6.07, 6.45) is 7.20. The first-order chi connectivity index (χ1) is 9.76. The van der Waals surface area contributed by atoms with E-state index >= 15 is 0 Å². The third kappa shape index (κ3) is 3.23. The van der Waals surface area contributed by atoms with Crippen LogP contribution < -0.4 is 10.6 Å². The van der Waals surface area contributed by atoms with E-state index in [2.05, 4.69) is 39.4 Å². The largest absolute Gasteiger partial charge is 0.373 e. The van der Waals surface area contributed by atoms with Gasteiger partial charge in [-0.1, -0.05) is 13.3 Å². The second-order valence-electron chi connectivity index (χ2n) is 4.70. The fourth-order valence-corrected chi connectivity index (χ4v) is 2.18. The molecular weight excluding hydrogens is 250 g/mol. The van der Waals surface area contributed by atoms with Crippen LogP contribution in [0.3, 0.4) is 0 Å². The lowest BCUT2D eigenvalue weighted by atomic mass is 10.1. The third-order valence-corrected chi connectivity index (χ3v) is 3.24. The monoisotopic (exact) mass is 271 g/mol. The Morgan fingerprint density at radius 1 is 1.15 bits per heavy atom. The van der Waals surface area contributed by atoms with Gasteiger partial charge in [-0.2, -0.15) is 0 Å². The average Bonchev–Trinajstić information content (AvgIpc) is 2.50. The molecule has 0 aliphatic carbocycles. The Balaban J connectivity index is 2.24. The summed E-state index contributed by atoms with van der Waals surface area (Å²) < 4.78 is 0. The van der Waals surface area contributed by atoms with Crippen LogP contribution in [0.25, 0.3) is 0 Å². The lowest BCUT2D eigenvalue weighted by Gasteiger charge is -2.18. The first-order valence-electron chi connectivity index (χ1n) is 6.94. The van der Waals surface area contributed by atoms with Gasteiger partial charge in [0, 0.05) is 25.0 Å². The van der Waals surface area contributed by atoms with Gasteiger partial charge in [0.25, 0.3) is 0 Å². The SMILES string of the molecule is CCCc1c(NC)ncnc1NC(C)c1ccncc1. The number of pyridine rings is 1. The fraction of sp³-hybridized carbons (Fsp3) is 0.400. The van der Waals surface area contributed by atoms with Crippen LogP contribution in [0.4, 0.5) is 11.6 Å². The molecule has 5 heteroatoms. The van der Waals surface area contributed by atoms with Gasteiger partial charge in [0.15, 0.2) is 0 Å². The summed E-state index contributed by atoms with van der Waals surface area (Å²) in [4.78, 5) is 12.7. The van der Waals surface area contributed by atoms with Gasteiger partial charge >= 0.3 is 0 Å². The molecule has 0 saturated carbocycles.